The maximum atomic E-state index is 11.7. The van der Waals surface area contributed by atoms with Gasteiger partial charge in [0.2, 0.25) is 11.8 Å². The van der Waals surface area contributed by atoms with Crippen molar-refractivity contribution in [1.29, 1.82) is 0 Å². The summed E-state index contributed by atoms with van der Waals surface area (Å²) in [6.07, 6.45) is 4.10. The second kappa shape index (κ2) is 11.8. The second-order valence-electron chi connectivity index (χ2n) is 5.20. The molecule has 0 heterocycles. The van der Waals surface area contributed by atoms with Gasteiger partial charge in [-0.3, -0.25) is 14.6 Å². The smallest absolute Gasteiger partial charge is 0.236 e. The third-order valence-corrected chi connectivity index (χ3v) is 3.16. The summed E-state index contributed by atoms with van der Waals surface area (Å²) in [6.45, 7) is 1.04. The third kappa shape index (κ3) is 10.9. The number of nitrogens with two attached hydrogens (primary N) is 5. The van der Waals surface area contributed by atoms with Gasteiger partial charge in [0.15, 0.2) is 5.96 Å². The normalized spacial score (nSPS) is 13.2. The lowest BCUT2D eigenvalue weighted by molar-refractivity contribution is -0.122. The molecule has 22 heavy (non-hydrogen) atoms. The lowest BCUT2D eigenvalue weighted by Gasteiger charge is -2.12. The number of carbonyl (C=O) groups is 2. The Morgan fingerprint density at radius 3 is 2.09 bits per heavy atom. The van der Waals surface area contributed by atoms with Gasteiger partial charge in [-0.25, -0.2) is 0 Å². The van der Waals surface area contributed by atoms with E-state index in [0.29, 0.717) is 25.9 Å². The molecular formula is C13H29N7O2. The van der Waals surface area contributed by atoms with Crippen LogP contribution in [-0.2, 0) is 9.59 Å². The average Bonchev–Trinajstić information content (AvgIpc) is 2.45. The fraction of sp³-hybridized carbons (Fsp3) is 0.769. The molecule has 9 heteroatoms. The molecule has 0 aromatic rings. The summed E-state index contributed by atoms with van der Waals surface area (Å²) in [6, 6.07) is -1.16. The molecule has 0 saturated carbocycles. The van der Waals surface area contributed by atoms with Crippen LogP contribution in [0.15, 0.2) is 4.99 Å². The van der Waals surface area contributed by atoms with E-state index in [0.717, 1.165) is 25.7 Å². The van der Waals surface area contributed by atoms with Crippen molar-refractivity contribution in [3.8, 4) is 0 Å². The van der Waals surface area contributed by atoms with E-state index in [2.05, 4.69) is 10.3 Å². The summed E-state index contributed by atoms with van der Waals surface area (Å²) >= 11 is 0. The van der Waals surface area contributed by atoms with Gasteiger partial charge in [0, 0.05) is 13.1 Å². The first-order chi connectivity index (χ1) is 10.3. The van der Waals surface area contributed by atoms with E-state index in [9.17, 15) is 9.59 Å². The fourth-order valence-corrected chi connectivity index (χ4v) is 1.79. The van der Waals surface area contributed by atoms with Crippen molar-refractivity contribution in [2.24, 2.45) is 33.7 Å². The lowest BCUT2D eigenvalue weighted by Crippen LogP contribution is -2.41. The van der Waals surface area contributed by atoms with Crippen molar-refractivity contribution in [1.82, 2.24) is 5.32 Å². The minimum absolute atomic E-state index is 0.0677. The number of guanidine groups is 1. The van der Waals surface area contributed by atoms with Crippen molar-refractivity contribution in [3.05, 3.63) is 0 Å². The number of primary amides is 1. The number of nitrogens with one attached hydrogen (secondary N) is 1. The van der Waals surface area contributed by atoms with E-state index in [1.54, 1.807) is 0 Å². The molecule has 0 unspecified atom stereocenters. The Labute approximate surface area is 131 Å². The quantitative estimate of drug-likeness (QED) is 0.135. The predicted molar refractivity (Wildman–Crippen MR) is 86.5 cm³/mol. The molecule has 0 fully saturated rings. The van der Waals surface area contributed by atoms with Crippen molar-refractivity contribution in [2.45, 2.75) is 50.6 Å². The summed E-state index contributed by atoms with van der Waals surface area (Å²) in [5.74, 6) is -0.620. The molecule has 11 N–H and O–H groups in total. The summed E-state index contributed by atoms with van der Waals surface area (Å²) in [7, 11) is 0. The van der Waals surface area contributed by atoms with Crippen molar-refractivity contribution in [2.75, 3.05) is 13.1 Å². The van der Waals surface area contributed by atoms with E-state index < -0.39 is 18.0 Å². The van der Waals surface area contributed by atoms with Crippen molar-refractivity contribution in [3.63, 3.8) is 0 Å². The zero-order chi connectivity index (χ0) is 17.0. The molecule has 0 aliphatic rings. The Balaban J connectivity index is 3.62. The maximum absolute atomic E-state index is 11.7. The van der Waals surface area contributed by atoms with E-state index in [-0.39, 0.29) is 11.9 Å². The van der Waals surface area contributed by atoms with Crippen LogP contribution in [0.5, 0.6) is 0 Å². The minimum Gasteiger partial charge on any atom is -0.370 e. The maximum Gasteiger partial charge on any atom is 0.236 e. The molecule has 0 rings (SSSR count). The number of amides is 2. The highest BCUT2D eigenvalue weighted by atomic mass is 16.2. The Morgan fingerprint density at radius 2 is 1.50 bits per heavy atom. The molecule has 0 aliphatic heterocycles. The first-order valence-corrected chi connectivity index (χ1v) is 7.48. The predicted octanol–water partition coefficient (Wildman–Crippen LogP) is -2.14. The topological polar surface area (TPSA) is 189 Å². The first kappa shape index (κ1) is 20.1. The van der Waals surface area contributed by atoms with Crippen LogP contribution < -0.4 is 34.0 Å². The van der Waals surface area contributed by atoms with Gasteiger partial charge in [0.25, 0.3) is 0 Å². The molecule has 2 atom stereocenters. The molecule has 0 radical (unpaired) electrons. The molecular weight excluding hydrogens is 286 g/mol. The molecule has 0 bridgehead atoms. The summed E-state index contributed by atoms with van der Waals surface area (Å²) < 4.78 is 0. The Kier molecular flexibility index (Phi) is 10.8. The lowest BCUT2D eigenvalue weighted by atomic mass is 10.1. The van der Waals surface area contributed by atoms with E-state index >= 15 is 0 Å². The number of nitrogens with zero attached hydrogens (tertiary/aromatic N) is 1. The number of carbonyl (C=O) groups excluding carboxylic acids is 2. The fourth-order valence-electron chi connectivity index (χ4n) is 1.79. The number of hydrogen-bond donors (Lipinski definition) is 6. The van der Waals surface area contributed by atoms with Crippen LogP contribution in [0.4, 0.5) is 0 Å². The third-order valence-electron chi connectivity index (χ3n) is 3.16. The van der Waals surface area contributed by atoms with Crippen LogP contribution >= 0.6 is 0 Å². The summed E-state index contributed by atoms with van der Waals surface area (Å²) in [4.78, 5) is 26.3. The van der Waals surface area contributed by atoms with Gasteiger partial charge in [-0.1, -0.05) is 0 Å². The molecule has 9 nitrogen and oxygen atoms in total. The van der Waals surface area contributed by atoms with Gasteiger partial charge >= 0.3 is 0 Å². The van der Waals surface area contributed by atoms with Crippen LogP contribution in [0.25, 0.3) is 0 Å². The van der Waals surface area contributed by atoms with E-state index in [1.807, 2.05) is 0 Å². The second-order valence-corrected chi connectivity index (χ2v) is 5.20. The van der Waals surface area contributed by atoms with Gasteiger partial charge in [0.1, 0.15) is 0 Å². The molecule has 2 amide bonds. The van der Waals surface area contributed by atoms with Crippen LogP contribution in [0.2, 0.25) is 0 Å². The summed E-state index contributed by atoms with van der Waals surface area (Å²) in [5.41, 5.74) is 26.7. The van der Waals surface area contributed by atoms with Gasteiger partial charge in [-0.2, -0.15) is 0 Å². The average molecular weight is 315 g/mol. The van der Waals surface area contributed by atoms with Gasteiger partial charge < -0.3 is 34.0 Å². The Bertz CT molecular complexity index is 369. The van der Waals surface area contributed by atoms with Crippen LogP contribution in [0, 0.1) is 0 Å². The first-order valence-electron chi connectivity index (χ1n) is 7.48. The van der Waals surface area contributed by atoms with Gasteiger partial charge in [-0.15, -0.1) is 0 Å². The number of rotatable bonds is 12. The SMILES string of the molecule is NC(=O)[C@@H](N)CCCCNC(=O)[C@@H](N)CCCCN=C(N)N. The standard InChI is InChI=1S/C13H29N7O2/c14-9(11(16)21)5-1-3-7-19-12(22)10(15)6-2-4-8-20-13(17)18/h9-10H,1-8,14-15H2,(H2,16,21)(H,19,22)(H4,17,18,20)/t9-,10-/m0/s1. The highest BCUT2D eigenvalue weighted by Crippen LogP contribution is 2.01. The van der Waals surface area contributed by atoms with E-state index in [1.165, 1.54) is 0 Å². The number of hydrogen-bond acceptors (Lipinski definition) is 5. The molecule has 0 aromatic heterocycles. The highest BCUT2D eigenvalue weighted by molar-refractivity contribution is 5.81. The van der Waals surface area contributed by atoms with Gasteiger partial charge in [-0.05, 0) is 38.5 Å². The zero-order valence-corrected chi connectivity index (χ0v) is 13.0. The van der Waals surface area contributed by atoms with Crippen molar-refractivity contribution < 1.29 is 9.59 Å². The van der Waals surface area contributed by atoms with E-state index in [4.69, 9.17) is 28.7 Å². The molecule has 0 saturated heterocycles. The monoisotopic (exact) mass is 315 g/mol. The Hall–Kier alpha value is -1.87. The van der Waals surface area contributed by atoms with Crippen molar-refractivity contribution >= 4 is 17.8 Å². The highest BCUT2D eigenvalue weighted by Gasteiger charge is 2.12. The summed E-state index contributed by atoms with van der Waals surface area (Å²) in [5, 5.41) is 2.76. The minimum atomic E-state index is -0.622. The van der Waals surface area contributed by atoms with Gasteiger partial charge in [0.05, 0.1) is 12.1 Å². The molecule has 0 spiro atoms. The molecule has 0 aliphatic carbocycles. The number of aliphatic imine (C=N–C) groups is 1. The van der Waals surface area contributed by atoms with Crippen LogP contribution in [0.1, 0.15) is 38.5 Å². The largest absolute Gasteiger partial charge is 0.370 e. The Morgan fingerprint density at radius 1 is 0.909 bits per heavy atom. The number of unbranched alkanes of at least 4 members (excludes halogenated alkanes) is 2. The van der Waals surface area contributed by atoms with Crippen LogP contribution in [-0.4, -0.2) is 42.9 Å². The molecule has 0 aromatic carbocycles. The zero-order valence-electron chi connectivity index (χ0n) is 13.0. The molecule has 128 valence electrons. The van der Waals surface area contributed by atoms with Crippen LogP contribution in [0.3, 0.4) is 0 Å².